The summed E-state index contributed by atoms with van der Waals surface area (Å²) in [6, 6.07) is 5.85. The van der Waals surface area contributed by atoms with Gasteiger partial charge in [-0.3, -0.25) is 9.59 Å². The molecule has 0 radical (unpaired) electrons. The first-order valence-electron chi connectivity index (χ1n) is 8.30. The quantitative estimate of drug-likeness (QED) is 0.694. The number of aromatic nitrogens is 1. The molecule has 1 N–H and O–H groups in total. The zero-order valence-electron chi connectivity index (χ0n) is 14.2. The summed E-state index contributed by atoms with van der Waals surface area (Å²) < 4.78 is 13.0. The summed E-state index contributed by atoms with van der Waals surface area (Å²) in [6.45, 7) is 2.60. The van der Waals surface area contributed by atoms with Crippen LogP contribution in [0.1, 0.15) is 31.7 Å². The maximum Gasteiger partial charge on any atom is 0.245 e. The highest BCUT2D eigenvalue weighted by atomic mass is 32.1. The van der Waals surface area contributed by atoms with Crippen molar-refractivity contribution in [3.05, 3.63) is 47.2 Å². The number of carbonyl (C=O) groups excluding carboxylic acids is 2. The predicted octanol–water partition coefficient (Wildman–Crippen LogP) is 3.48. The molecule has 134 valence electrons. The van der Waals surface area contributed by atoms with Gasteiger partial charge in [0.15, 0.2) is 5.13 Å². The van der Waals surface area contributed by atoms with E-state index < -0.39 is 0 Å². The monoisotopic (exact) mass is 363 g/mol. The maximum atomic E-state index is 13.0. The van der Waals surface area contributed by atoms with Crippen molar-refractivity contribution in [3.63, 3.8) is 0 Å². The van der Waals surface area contributed by atoms with Gasteiger partial charge < -0.3 is 10.2 Å². The molecule has 0 atom stereocenters. The molecule has 2 amide bonds. The van der Waals surface area contributed by atoms with E-state index in [1.165, 1.54) is 23.5 Å². The number of hydrogen-bond donors (Lipinski definition) is 1. The largest absolute Gasteiger partial charge is 0.333 e. The Labute approximate surface area is 150 Å². The Kier molecular flexibility index (Phi) is 7.53. The van der Waals surface area contributed by atoms with Gasteiger partial charge in [-0.05, 0) is 24.1 Å². The lowest BCUT2D eigenvalue weighted by atomic mass is 10.1. The molecule has 0 aliphatic heterocycles. The Morgan fingerprint density at radius 2 is 2.00 bits per heavy atom. The van der Waals surface area contributed by atoms with Crippen LogP contribution in [0.25, 0.3) is 0 Å². The molecule has 0 fully saturated rings. The SMILES string of the molecule is CCCCCN(CC(=O)Nc1nccs1)C(=O)Cc1ccc(F)cc1. The molecular formula is C18H22FN3O2S. The van der Waals surface area contributed by atoms with Crippen molar-refractivity contribution in [1.29, 1.82) is 0 Å². The first-order valence-corrected chi connectivity index (χ1v) is 9.18. The molecule has 0 bridgehead atoms. The fraction of sp³-hybridized carbons (Fsp3) is 0.389. The molecule has 0 unspecified atom stereocenters. The van der Waals surface area contributed by atoms with Gasteiger partial charge >= 0.3 is 0 Å². The molecule has 2 aromatic rings. The van der Waals surface area contributed by atoms with Gasteiger partial charge in [0, 0.05) is 18.1 Å². The molecule has 0 saturated heterocycles. The average Bonchev–Trinajstić information content (AvgIpc) is 3.09. The second kappa shape index (κ2) is 9.88. The van der Waals surface area contributed by atoms with Crippen molar-refractivity contribution >= 4 is 28.3 Å². The second-order valence-corrected chi connectivity index (χ2v) is 6.61. The number of halogens is 1. The van der Waals surface area contributed by atoms with Gasteiger partial charge in [-0.25, -0.2) is 9.37 Å². The number of unbranched alkanes of at least 4 members (excludes halogenated alkanes) is 2. The minimum Gasteiger partial charge on any atom is -0.333 e. The lowest BCUT2D eigenvalue weighted by Crippen LogP contribution is -2.39. The molecule has 25 heavy (non-hydrogen) atoms. The van der Waals surface area contributed by atoms with Crippen molar-refractivity contribution in [1.82, 2.24) is 9.88 Å². The van der Waals surface area contributed by atoms with Crippen molar-refractivity contribution in [2.45, 2.75) is 32.6 Å². The molecule has 1 heterocycles. The van der Waals surface area contributed by atoms with E-state index in [0.29, 0.717) is 11.7 Å². The highest BCUT2D eigenvalue weighted by Crippen LogP contribution is 2.11. The van der Waals surface area contributed by atoms with Crippen LogP contribution in [0.5, 0.6) is 0 Å². The number of nitrogens with one attached hydrogen (secondary N) is 1. The van der Waals surface area contributed by atoms with Crippen LogP contribution < -0.4 is 5.32 Å². The standard InChI is InChI=1S/C18H22FN3O2S/c1-2-3-4-10-22(13-16(23)21-18-20-9-11-25-18)17(24)12-14-5-7-15(19)8-6-14/h5-9,11H,2-4,10,12-13H2,1H3,(H,20,21,23). The van der Waals surface area contributed by atoms with Crippen LogP contribution in [0.2, 0.25) is 0 Å². The number of hydrogen-bond acceptors (Lipinski definition) is 4. The number of anilines is 1. The van der Waals surface area contributed by atoms with Gasteiger partial charge in [0.25, 0.3) is 0 Å². The Morgan fingerprint density at radius 3 is 2.64 bits per heavy atom. The summed E-state index contributed by atoms with van der Waals surface area (Å²) in [5.74, 6) is -0.741. The average molecular weight is 363 g/mol. The molecule has 1 aromatic heterocycles. The van der Waals surface area contributed by atoms with Crippen molar-refractivity contribution in [2.75, 3.05) is 18.4 Å². The van der Waals surface area contributed by atoms with Gasteiger partial charge in [0.2, 0.25) is 11.8 Å². The third kappa shape index (κ3) is 6.62. The topological polar surface area (TPSA) is 62.3 Å². The van der Waals surface area contributed by atoms with Crippen molar-refractivity contribution in [3.8, 4) is 0 Å². The van der Waals surface area contributed by atoms with Crippen LogP contribution in [0, 0.1) is 5.82 Å². The van der Waals surface area contributed by atoms with Crippen LogP contribution in [0.15, 0.2) is 35.8 Å². The molecule has 2 rings (SSSR count). The van der Waals surface area contributed by atoms with Crippen LogP contribution >= 0.6 is 11.3 Å². The van der Waals surface area contributed by atoms with Gasteiger partial charge in [-0.1, -0.05) is 31.9 Å². The zero-order chi connectivity index (χ0) is 18.1. The summed E-state index contributed by atoms with van der Waals surface area (Å²) in [6.07, 6.45) is 4.63. The Balaban J connectivity index is 1.96. The number of thiazole rings is 1. The smallest absolute Gasteiger partial charge is 0.245 e. The highest BCUT2D eigenvalue weighted by Gasteiger charge is 2.18. The molecule has 0 aliphatic rings. The Hall–Kier alpha value is -2.28. The van der Waals surface area contributed by atoms with Crippen molar-refractivity contribution < 1.29 is 14.0 Å². The Morgan fingerprint density at radius 1 is 1.24 bits per heavy atom. The summed E-state index contributed by atoms with van der Waals surface area (Å²) in [7, 11) is 0. The van der Waals surface area contributed by atoms with E-state index in [-0.39, 0.29) is 30.6 Å². The summed E-state index contributed by atoms with van der Waals surface area (Å²) >= 11 is 1.33. The van der Waals surface area contributed by atoms with E-state index in [2.05, 4.69) is 17.2 Å². The van der Waals surface area contributed by atoms with Gasteiger partial charge in [0.05, 0.1) is 13.0 Å². The maximum absolute atomic E-state index is 13.0. The molecule has 0 aliphatic carbocycles. The number of amides is 2. The lowest BCUT2D eigenvalue weighted by molar-refractivity contribution is -0.134. The summed E-state index contributed by atoms with van der Waals surface area (Å²) in [4.78, 5) is 30.3. The number of carbonyl (C=O) groups is 2. The number of rotatable bonds is 9. The van der Waals surface area contributed by atoms with Crippen LogP contribution in [-0.2, 0) is 16.0 Å². The van der Waals surface area contributed by atoms with Gasteiger partial charge in [-0.15, -0.1) is 11.3 Å². The number of benzene rings is 1. The lowest BCUT2D eigenvalue weighted by Gasteiger charge is -2.22. The second-order valence-electron chi connectivity index (χ2n) is 5.71. The van der Waals surface area contributed by atoms with Crippen LogP contribution in [0.3, 0.4) is 0 Å². The Bertz CT molecular complexity index is 674. The normalized spacial score (nSPS) is 10.5. The molecule has 7 heteroatoms. The zero-order valence-corrected chi connectivity index (χ0v) is 15.0. The molecule has 0 spiro atoms. The van der Waals surface area contributed by atoms with Crippen LogP contribution in [0.4, 0.5) is 9.52 Å². The molecule has 0 saturated carbocycles. The number of nitrogens with zero attached hydrogens (tertiary/aromatic N) is 2. The van der Waals surface area contributed by atoms with E-state index in [4.69, 9.17) is 0 Å². The van der Waals surface area contributed by atoms with E-state index in [1.54, 1.807) is 28.6 Å². The van der Waals surface area contributed by atoms with Gasteiger partial charge in [0.1, 0.15) is 5.82 Å². The fourth-order valence-corrected chi connectivity index (χ4v) is 2.90. The molecular weight excluding hydrogens is 341 g/mol. The van der Waals surface area contributed by atoms with E-state index in [9.17, 15) is 14.0 Å². The molecule has 5 nitrogen and oxygen atoms in total. The first kappa shape index (κ1) is 19.1. The van der Waals surface area contributed by atoms with E-state index in [1.807, 2.05) is 0 Å². The van der Waals surface area contributed by atoms with E-state index in [0.717, 1.165) is 24.8 Å². The van der Waals surface area contributed by atoms with Gasteiger partial charge in [-0.2, -0.15) is 0 Å². The van der Waals surface area contributed by atoms with Crippen molar-refractivity contribution in [2.24, 2.45) is 0 Å². The summed E-state index contributed by atoms with van der Waals surface area (Å²) in [5, 5.41) is 4.98. The first-order chi connectivity index (χ1) is 12.1. The summed E-state index contributed by atoms with van der Waals surface area (Å²) in [5.41, 5.74) is 0.729. The minimum atomic E-state index is -0.334. The third-order valence-corrected chi connectivity index (χ3v) is 4.35. The molecule has 1 aromatic carbocycles. The highest BCUT2D eigenvalue weighted by molar-refractivity contribution is 7.13. The minimum absolute atomic E-state index is 0.0106. The van der Waals surface area contributed by atoms with E-state index >= 15 is 0 Å². The fourth-order valence-electron chi connectivity index (χ4n) is 2.35. The predicted molar refractivity (Wildman–Crippen MR) is 97.0 cm³/mol. The third-order valence-electron chi connectivity index (χ3n) is 3.67. The van der Waals surface area contributed by atoms with Crippen LogP contribution in [-0.4, -0.2) is 34.8 Å².